The van der Waals surface area contributed by atoms with E-state index in [1.807, 2.05) is 20.8 Å². The van der Waals surface area contributed by atoms with E-state index in [0.717, 1.165) is 0 Å². The molecule has 116 valence electrons. The van der Waals surface area contributed by atoms with Crippen molar-refractivity contribution in [1.29, 1.82) is 0 Å². The molecule has 0 fully saturated rings. The SMILES string of the molecule is CC(C)(C)C(=O)Nc1cccc(NC(=O)CCCCO)c1. The van der Waals surface area contributed by atoms with Gasteiger partial charge in [0.1, 0.15) is 0 Å². The summed E-state index contributed by atoms with van der Waals surface area (Å²) in [5.41, 5.74) is 0.836. The first-order valence-corrected chi connectivity index (χ1v) is 7.15. The number of anilines is 2. The van der Waals surface area contributed by atoms with Gasteiger partial charge in [-0.3, -0.25) is 9.59 Å². The van der Waals surface area contributed by atoms with E-state index in [9.17, 15) is 9.59 Å². The molecule has 0 aliphatic carbocycles. The van der Waals surface area contributed by atoms with Crippen LogP contribution in [-0.4, -0.2) is 23.5 Å². The first-order valence-electron chi connectivity index (χ1n) is 7.15. The second-order valence-corrected chi connectivity index (χ2v) is 6.01. The predicted molar refractivity (Wildman–Crippen MR) is 84.1 cm³/mol. The highest BCUT2D eigenvalue weighted by Crippen LogP contribution is 2.20. The van der Waals surface area contributed by atoms with Gasteiger partial charge < -0.3 is 15.7 Å². The maximum atomic E-state index is 11.9. The Kier molecular flexibility index (Phi) is 6.37. The molecular formula is C16H24N2O3. The van der Waals surface area contributed by atoms with Crippen LogP contribution >= 0.6 is 0 Å². The van der Waals surface area contributed by atoms with E-state index < -0.39 is 5.41 Å². The van der Waals surface area contributed by atoms with E-state index in [1.54, 1.807) is 24.3 Å². The van der Waals surface area contributed by atoms with Crippen LogP contribution in [0.3, 0.4) is 0 Å². The lowest BCUT2D eigenvalue weighted by atomic mass is 9.95. The molecule has 0 spiro atoms. The van der Waals surface area contributed by atoms with Crippen molar-refractivity contribution in [2.75, 3.05) is 17.2 Å². The molecule has 0 saturated carbocycles. The van der Waals surface area contributed by atoms with Crippen molar-refractivity contribution in [3.05, 3.63) is 24.3 Å². The Morgan fingerprint density at radius 3 is 2.29 bits per heavy atom. The number of hydrogen-bond acceptors (Lipinski definition) is 3. The molecular weight excluding hydrogens is 268 g/mol. The number of benzene rings is 1. The van der Waals surface area contributed by atoms with Crippen molar-refractivity contribution in [3.8, 4) is 0 Å². The summed E-state index contributed by atoms with van der Waals surface area (Å²) in [4.78, 5) is 23.6. The van der Waals surface area contributed by atoms with Crippen LogP contribution in [0.5, 0.6) is 0 Å². The van der Waals surface area contributed by atoms with Gasteiger partial charge in [0, 0.05) is 29.8 Å². The Balaban J connectivity index is 2.60. The second kappa shape index (κ2) is 7.78. The summed E-state index contributed by atoms with van der Waals surface area (Å²) >= 11 is 0. The fraction of sp³-hybridized carbons (Fsp3) is 0.500. The normalized spacial score (nSPS) is 11.0. The van der Waals surface area contributed by atoms with Gasteiger partial charge in [0.15, 0.2) is 0 Å². The number of aliphatic hydroxyl groups excluding tert-OH is 1. The van der Waals surface area contributed by atoms with Crippen LogP contribution < -0.4 is 10.6 Å². The molecule has 0 saturated heterocycles. The van der Waals surface area contributed by atoms with Gasteiger partial charge in [0.2, 0.25) is 11.8 Å². The van der Waals surface area contributed by atoms with E-state index >= 15 is 0 Å². The van der Waals surface area contributed by atoms with Crippen molar-refractivity contribution in [1.82, 2.24) is 0 Å². The summed E-state index contributed by atoms with van der Waals surface area (Å²) in [6.45, 7) is 5.63. The van der Waals surface area contributed by atoms with Crippen LogP contribution in [0, 0.1) is 5.41 Å². The molecule has 2 amide bonds. The van der Waals surface area contributed by atoms with Gasteiger partial charge in [0.05, 0.1) is 0 Å². The smallest absolute Gasteiger partial charge is 0.229 e. The summed E-state index contributed by atoms with van der Waals surface area (Å²) in [5.74, 6) is -0.170. The monoisotopic (exact) mass is 292 g/mol. The number of carbonyl (C=O) groups excluding carboxylic acids is 2. The Labute approximate surface area is 125 Å². The number of carbonyl (C=O) groups is 2. The molecule has 3 N–H and O–H groups in total. The van der Waals surface area contributed by atoms with E-state index in [2.05, 4.69) is 10.6 Å². The summed E-state index contributed by atoms with van der Waals surface area (Å²) in [6.07, 6.45) is 1.65. The number of rotatable bonds is 6. The lowest BCUT2D eigenvalue weighted by Gasteiger charge is -2.18. The highest BCUT2D eigenvalue weighted by Gasteiger charge is 2.21. The zero-order valence-electron chi connectivity index (χ0n) is 12.9. The molecule has 0 heterocycles. The van der Waals surface area contributed by atoms with Gasteiger partial charge in [-0.25, -0.2) is 0 Å². The molecule has 0 radical (unpaired) electrons. The molecule has 1 aromatic rings. The van der Waals surface area contributed by atoms with Crippen molar-refractivity contribution in [3.63, 3.8) is 0 Å². The van der Waals surface area contributed by atoms with Gasteiger partial charge in [0.25, 0.3) is 0 Å². The Hall–Kier alpha value is -1.88. The van der Waals surface area contributed by atoms with Crippen molar-refractivity contribution < 1.29 is 14.7 Å². The van der Waals surface area contributed by atoms with E-state index in [0.29, 0.717) is 30.6 Å². The molecule has 1 aromatic carbocycles. The third kappa shape index (κ3) is 6.40. The van der Waals surface area contributed by atoms with Crippen LogP contribution in [0.25, 0.3) is 0 Å². The minimum absolute atomic E-state index is 0.0751. The van der Waals surface area contributed by atoms with E-state index in [4.69, 9.17) is 5.11 Å². The van der Waals surface area contributed by atoms with Gasteiger partial charge in [-0.05, 0) is 31.0 Å². The Bertz CT molecular complexity index is 493. The molecule has 0 atom stereocenters. The van der Waals surface area contributed by atoms with Crippen molar-refractivity contribution in [2.24, 2.45) is 5.41 Å². The number of nitrogens with one attached hydrogen (secondary N) is 2. The van der Waals surface area contributed by atoms with Gasteiger partial charge in [-0.1, -0.05) is 26.8 Å². The quantitative estimate of drug-likeness (QED) is 0.705. The van der Waals surface area contributed by atoms with Crippen LogP contribution in [0.15, 0.2) is 24.3 Å². The topological polar surface area (TPSA) is 78.4 Å². The molecule has 0 aromatic heterocycles. The standard InChI is InChI=1S/C16H24N2O3/c1-16(2,3)15(21)18-13-8-6-7-12(11-13)17-14(20)9-4-5-10-19/h6-8,11,19H,4-5,9-10H2,1-3H3,(H,17,20)(H,18,21). The van der Waals surface area contributed by atoms with Crippen molar-refractivity contribution in [2.45, 2.75) is 40.0 Å². The summed E-state index contributed by atoms with van der Waals surface area (Å²) in [6, 6.07) is 7.07. The highest BCUT2D eigenvalue weighted by molar-refractivity contribution is 5.96. The number of aliphatic hydroxyl groups is 1. The average molecular weight is 292 g/mol. The van der Waals surface area contributed by atoms with Crippen LogP contribution in [0.4, 0.5) is 11.4 Å². The minimum atomic E-state index is -0.469. The highest BCUT2D eigenvalue weighted by atomic mass is 16.3. The fourth-order valence-electron chi connectivity index (χ4n) is 1.61. The molecule has 5 nitrogen and oxygen atoms in total. The minimum Gasteiger partial charge on any atom is -0.396 e. The van der Waals surface area contributed by atoms with Gasteiger partial charge in [-0.15, -0.1) is 0 Å². The maximum absolute atomic E-state index is 11.9. The second-order valence-electron chi connectivity index (χ2n) is 6.01. The molecule has 0 aliphatic heterocycles. The molecule has 0 unspecified atom stereocenters. The summed E-state index contributed by atoms with van der Waals surface area (Å²) < 4.78 is 0. The maximum Gasteiger partial charge on any atom is 0.229 e. The Morgan fingerprint density at radius 2 is 1.71 bits per heavy atom. The number of hydrogen-bond donors (Lipinski definition) is 3. The zero-order valence-corrected chi connectivity index (χ0v) is 12.9. The zero-order chi connectivity index (χ0) is 15.9. The summed E-state index contributed by atoms with van der Waals surface area (Å²) in [7, 11) is 0. The largest absolute Gasteiger partial charge is 0.396 e. The first kappa shape index (κ1) is 17.2. The fourth-order valence-corrected chi connectivity index (χ4v) is 1.61. The summed E-state index contributed by atoms with van der Waals surface area (Å²) in [5, 5.41) is 14.3. The molecule has 5 heteroatoms. The lowest BCUT2D eigenvalue weighted by molar-refractivity contribution is -0.123. The number of unbranched alkanes of at least 4 members (excludes halogenated alkanes) is 1. The molecule has 1 rings (SSSR count). The number of amides is 2. The van der Waals surface area contributed by atoms with Crippen LogP contribution in [-0.2, 0) is 9.59 Å². The first-order chi connectivity index (χ1) is 9.82. The molecule has 0 bridgehead atoms. The van der Waals surface area contributed by atoms with Crippen LogP contribution in [0.2, 0.25) is 0 Å². The van der Waals surface area contributed by atoms with Crippen molar-refractivity contribution >= 4 is 23.2 Å². The lowest BCUT2D eigenvalue weighted by Crippen LogP contribution is -2.27. The van der Waals surface area contributed by atoms with Crippen LogP contribution in [0.1, 0.15) is 40.0 Å². The predicted octanol–water partition coefficient (Wildman–Crippen LogP) is 2.77. The third-order valence-corrected chi connectivity index (χ3v) is 2.90. The Morgan fingerprint density at radius 1 is 1.10 bits per heavy atom. The van der Waals surface area contributed by atoms with E-state index in [1.165, 1.54) is 0 Å². The van der Waals surface area contributed by atoms with E-state index in [-0.39, 0.29) is 18.4 Å². The third-order valence-electron chi connectivity index (χ3n) is 2.90. The molecule has 21 heavy (non-hydrogen) atoms. The molecule has 0 aliphatic rings. The van der Waals surface area contributed by atoms with Gasteiger partial charge >= 0.3 is 0 Å². The van der Waals surface area contributed by atoms with Gasteiger partial charge in [-0.2, -0.15) is 0 Å². The average Bonchev–Trinajstić information content (AvgIpc) is 2.38.